The lowest BCUT2D eigenvalue weighted by Crippen LogP contribution is -2.42. The molecule has 1 atom stereocenters. The van der Waals surface area contributed by atoms with Gasteiger partial charge in [0.2, 0.25) is 0 Å². The lowest BCUT2D eigenvalue weighted by molar-refractivity contribution is -0.140. The van der Waals surface area contributed by atoms with Gasteiger partial charge in [-0.05, 0) is 31.2 Å². The molecule has 1 aromatic heterocycles. The van der Waals surface area contributed by atoms with Crippen molar-refractivity contribution in [2.45, 2.75) is 25.6 Å². The summed E-state index contributed by atoms with van der Waals surface area (Å²) in [5.74, 6) is 2.02. The van der Waals surface area contributed by atoms with Gasteiger partial charge in [0.05, 0.1) is 18.7 Å². The van der Waals surface area contributed by atoms with Crippen LogP contribution in [0, 0.1) is 0 Å². The number of hydrogen-bond donors (Lipinski definition) is 2. The van der Waals surface area contributed by atoms with Gasteiger partial charge >= 0.3 is 6.18 Å². The molecule has 0 aliphatic heterocycles. The van der Waals surface area contributed by atoms with Crippen LogP contribution in [0.3, 0.4) is 0 Å². The zero-order chi connectivity index (χ0) is 20.6. The zero-order valence-electron chi connectivity index (χ0n) is 15.8. The molecule has 0 aliphatic carbocycles. The van der Waals surface area contributed by atoms with Crippen LogP contribution in [-0.4, -0.2) is 44.3 Å². The van der Waals surface area contributed by atoms with Crippen LogP contribution in [-0.2, 0) is 12.6 Å². The molecule has 1 aromatic carbocycles. The van der Waals surface area contributed by atoms with Gasteiger partial charge in [-0.2, -0.15) is 13.2 Å². The van der Waals surface area contributed by atoms with Crippen molar-refractivity contribution >= 4 is 17.3 Å². The van der Waals surface area contributed by atoms with E-state index >= 15 is 0 Å². The van der Waals surface area contributed by atoms with Crippen LogP contribution in [0.2, 0.25) is 0 Å². The molecule has 0 aliphatic rings. The van der Waals surface area contributed by atoms with E-state index in [-0.39, 0.29) is 6.10 Å². The van der Waals surface area contributed by atoms with Crippen LogP contribution in [0.4, 0.5) is 13.2 Å². The van der Waals surface area contributed by atoms with Crippen LogP contribution in [0.5, 0.6) is 11.5 Å². The highest BCUT2D eigenvalue weighted by Gasteiger charge is 2.33. The summed E-state index contributed by atoms with van der Waals surface area (Å²) < 4.78 is 48.6. The maximum Gasteiger partial charge on any atom is 0.434 e. The fraction of sp³-hybridized carbons (Fsp3) is 0.444. The van der Waals surface area contributed by atoms with E-state index in [4.69, 9.17) is 9.47 Å². The van der Waals surface area contributed by atoms with Crippen LogP contribution >= 0.6 is 11.3 Å². The van der Waals surface area contributed by atoms with Crippen molar-refractivity contribution in [2.24, 2.45) is 4.99 Å². The number of methoxy groups -OCH3 is 1. The zero-order valence-corrected chi connectivity index (χ0v) is 16.7. The summed E-state index contributed by atoms with van der Waals surface area (Å²) in [6, 6.07) is 7.29. The molecule has 154 valence electrons. The highest BCUT2D eigenvalue weighted by atomic mass is 32.1. The van der Waals surface area contributed by atoms with E-state index in [1.807, 2.05) is 31.2 Å². The minimum Gasteiger partial charge on any atom is -0.497 e. The van der Waals surface area contributed by atoms with E-state index in [2.05, 4.69) is 20.6 Å². The van der Waals surface area contributed by atoms with E-state index in [9.17, 15) is 13.2 Å². The van der Waals surface area contributed by atoms with Crippen molar-refractivity contribution in [3.8, 4) is 11.5 Å². The number of nitrogens with one attached hydrogen (secondary N) is 2. The van der Waals surface area contributed by atoms with Gasteiger partial charge in [-0.1, -0.05) is 0 Å². The van der Waals surface area contributed by atoms with Gasteiger partial charge in [-0.15, -0.1) is 11.3 Å². The predicted octanol–water partition coefficient (Wildman–Crippen LogP) is 3.35. The molecule has 1 unspecified atom stereocenters. The number of ether oxygens (including phenoxy) is 2. The van der Waals surface area contributed by atoms with Crippen LogP contribution in [0.25, 0.3) is 0 Å². The molecule has 0 bridgehead atoms. The molecule has 10 heteroatoms. The number of nitrogens with zero attached hydrogens (tertiary/aromatic N) is 2. The summed E-state index contributed by atoms with van der Waals surface area (Å²) in [5, 5.41) is 7.62. The maximum absolute atomic E-state index is 12.6. The minimum absolute atomic E-state index is 0.125. The number of hydrogen-bond acceptors (Lipinski definition) is 5. The Labute approximate surface area is 165 Å². The quantitative estimate of drug-likeness (QED) is 0.510. The van der Waals surface area contributed by atoms with Gasteiger partial charge in [0.15, 0.2) is 11.7 Å². The Morgan fingerprint density at radius 2 is 1.89 bits per heavy atom. The molecule has 0 spiro atoms. The molecular weight excluding hydrogens is 393 g/mol. The molecule has 2 aromatic rings. The topological polar surface area (TPSA) is 67.8 Å². The number of aromatic nitrogens is 1. The van der Waals surface area contributed by atoms with Gasteiger partial charge < -0.3 is 20.1 Å². The van der Waals surface area contributed by atoms with Crippen molar-refractivity contribution in [3.63, 3.8) is 0 Å². The highest BCUT2D eigenvalue weighted by molar-refractivity contribution is 7.09. The number of alkyl halides is 3. The monoisotopic (exact) mass is 416 g/mol. The molecule has 0 saturated heterocycles. The molecule has 0 fully saturated rings. The molecular formula is C18H23F3N4O2S. The average molecular weight is 416 g/mol. The summed E-state index contributed by atoms with van der Waals surface area (Å²) in [7, 11) is 3.22. The van der Waals surface area contributed by atoms with Crippen molar-refractivity contribution in [1.82, 2.24) is 15.6 Å². The second-order valence-electron chi connectivity index (χ2n) is 5.86. The first-order valence-corrected chi connectivity index (χ1v) is 9.46. The third kappa shape index (κ3) is 6.91. The number of halogens is 3. The molecule has 2 N–H and O–H groups in total. The van der Waals surface area contributed by atoms with E-state index in [1.54, 1.807) is 14.2 Å². The number of benzene rings is 1. The van der Waals surface area contributed by atoms with Gasteiger partial charge in [0.1, 0.15) is 17.6 Å². The predicted molar refractivity (Wildman–Crippen MR) is 103 cm³/mol. The second kappa shape index (κ2) is 10.2. The van der Waals surface area contributed by atoms with Crippen molar-refractivity contribution in [3.05, 3.63) is 40.3 Å². The van der Waals surface area contributed by atoms with E-state index in [1.165, 1.54) is 0 Å². The molecule has 0 radical (unpaired) electrons. The summed E-state index contributed by atoms with van der Waals surface area (Å²) in [5.41, 5.74) is -0.848. The molecule has 28 heavy (non-hydrogen) atoms. The normalized spacial score (nSPS) is 13.1. The van der Waals surface area contributed by atoms with Crippen molar-refractivity contribution < 1.29 is 22.6 Å². The van der Waals surface area contributed by atoms with Gasteiger partial charge in [-0.3, -0.25) is 4.99 Å². The van der Waals surface area contributed by atoms with E-state index in [0.29, 0.717) is 30.5 Å². The van der Waals surface area contributed by atoms with E-state index < -0.39 is 11.9 Å². The SMILES string of the molecule is CN=C(NCCc1nc(C(F)(F)F)cs1)NCC(C)Oc1ccc(OC)cc1. The Morgan fingerprint density at radius 1 is 1.21 bits per heavy atom. The third-order valence-electron chi connectivity index (χ3n) is 3.65. The fourth-order valence-corrected chi connectivity index (χ4v) is 3.04. The summed E-state index contributed by atoms with van der Waals surface area (Å²) in [4.78, 5) is 7.69. The molecule has 6 nitrogen and oxygen atoms in total. The van der Waals surface area contributed by atoms with E-state index in [0.717, 1.165) is 28.2 Å². The van der Waals surface area contributed by atoms with Crippen LogP contribution in [0.15, 0.2) is 34.6 Å². The standard InChI is InChI=1S/C18H23F3N4O2S/c1-12(27-14-6-4-13(26-3)5-7-14)10-24-17(22-2)23-9-8-16-25-15(11-28-16)18(19,20)21/h4-7,11-12H,8-10H2,1-3H3,(H2,22,23,24). The Kier molecular flexibility index (Phi) is 7.91. The number of thiazole rings is 1. The molecule has 0 amide bonds. The molecule has 1 heterocycles. The highest BCUT2D eigenvalue weighted by Crippen LogP contribution is 2.30. The summed E-state index contributed by atoms with van der Waals surface area (Å²) in [6.07, 6.45) is -4.15. The molecule has 0 saturated carbocycles. The largest absolute Gasteiger partial charge is 0.497 e. The summed E-state index contributed by atoms with van der Waals surface area (Å²) >= 11 is 0.997. The first-order valence-electron chi connectivity index (χ1n) is 8.58. The lowest BCUT2D eigenvalue weighted by atomic mass is 10.3. The molecule has 2 rings (SSSR count). The Balaban J connectivity index is 1.72. The Hall–Kier alpha value is -2.49. The van der Waals surface area contributed by atoms with Gasteiger partial charge in [-0.25, -0.2) is 4.98 Å². The van der Waals surface area contributed by atoms with Crippen molar-refractivity contribution in [1.29, 1.82) is 0 Å². The smallest absolute Gasteiger partial charge is 0.434 e. The second-order valence-corrected chi connectivity index (χ2v) is 6.80. The van der Waals surface area contributed by atoms with Crippen LogP contribution < -0.4 is 20.1 Å². The van der Waals surface area contributed by atoms with Gasteiger partial charge in [0.25, 0.3) is 0 Å². The van der Waals surface area contributed by atoms with Crippen molar-refractivity contribution in [2.75, 3.05) is 27.2 Å². The first kappa shape index (κ1) is 21.8. The number of guanidine groups is 1. The van der Waals surface area contributed by atoms with Gasteiger partial charge in [0, 0.05) is 25.4 Å². The third-order valence-corrected chi connectivity index (χ3v) is 4.56. The maximum atomic E-state index is 12.6. The first-order chi connectivity index (χ1) is 13.3. The fourth-order valence-electron chi connectivity index (χ4n) is 2.23. The number of rotatable bonds is 8. The average Bonchev–Trinajstić information content (AvgIpc) is 3.14. The number of aliphatic imine (C=N–C) groups is 1. The Morgan fingerprint density at radius 3 is 2.46 bits per heavy atom. The Bertz CT molecular complexity index is 763. The summed E-state index contributed by atoms with van der Waals surface area (Å²) in [6.45, 7) is 2.83. The van der Waals surface area contributed by atoms with Crippen LogP contribution in [0.1, 0.15) is 17.6 Å². The lowest BCUT2D eigenvalue weighted by Gasteiger charge is -2.17. The minimum atomic E-state index is -4.40.